The van der Waals surface area contributed by atoms with Crippen LogP contribution in [0.1, 0.15) is 20.8 Å². The Morgan fingerprint density at radius 1 is 1.18 bits per heavy atom. The Labute approximate surface area is 98.9 Å². The predicted molar refractivity (Wildman–Crippen MR) is 56.8 cm³/mol. The molecule has 0 saturated carbocycles. The van der Waals surface area contributed by atoms with Gasteiger partial charge in [0, 0.05) is 13.8 Å². The van der Waals surface area contributed by atoms with Crippen LogP contribution in [0.25, 0.3) is 0 Å². The summed E-state index contributed by atoms with van der Waals surface area (Å²) in [5, 5.41) is 9.45. The van der Waals surface area contributed by atoms with E-state index in [0.717, 1.165) is 13.8 Å². The summed E-state index contributed by atoms with van der Waals surface area (Å²) in [5.41, 5.74) is 5.43. The van der Waals surface area contributed by atoms with E-state index < -0.39 is 36.3 Å². The Balaban J connectivity index is 4.98. The zero-order valence-corrected chi connectivity index (χ0v) is 9.95. The van der Waals surface area contributed by atoms with Crippen LogP contribution >= 0.6 is 0 Å². The fourth-order valence-electron chi connectivity index (χ4n) is 1.27. The highest BCUT2D eigenvalue weighted by Crippen LogP contribution is 2.12. The number of carbonyl (C=O) groups excluding carboxylic acids is 3. The summed E-state index contributed by atoms with van der Waals surface area (Å²) in [4.78, 5) is 32.3. The van der Waals surface area contributed by atoms with E-state index >= 15 is 0 Å². The quantitative estimate of drug-likeness (QED) is 0.445. The lowest BCUT2D eigenvalue weighted by Gasteiger charge is -2.29. The van der Waals surface area contributed by atoms with E-state index in [-0.39, 0.29) is 0 Å². The Kier molecular flexibility index (Phi) is 6.37. The van der Waals surface area contributed by atoms with Crippen molar-refractivity contribution in [2.45, 2.75) is 45.1 Å². The molecule has 0 unspecified atom stereocenters. The molecule has 0 fully saturated rings. The van der Waals surface area contributed by atoms with Gasteiger partial charge in [-0.25, -0.2) is 0 Å². The molecule has 0 rings (SSSR count). The van der Waals surface area contributed by atoms with Gasteiger partial charge in [0.2, 0.25) is 0 Å². The second kappa shape index (κ2) is 6.97. The van der Waals surface area contributed by atoms with Crippen LogP contribution in [0.3, 0.4) is 0 Å². The average molecular weight is 247 g/mol. The first-order valence-corrected chi connectivity index (χ1v) is 5.03. The maximum atomic E-state index is 10.9. The first-order chi connectivity index (χ1) is 7.79. The van der Waals surface area contributed by atoms with Crippen molar-refractivity contribution in [2.24, 2.45) is 5.73 Å². The molecule has 4 atom stereocenters. The molecule has 0 heterocycles. The molecule has 17 heavy (non-hydrogen) atoms. The van der Waals surface area contributed by atoms with Crippen LogP contribution in [-0.2, 0) is 23.9 Å². The summed E-state index contributed by atoms with van der Waals surface area (Å²) in [7, 11) is 0. The number of aldehydes is 1. The van der Waals surface area contributed by atoms with E-state index in [1.165, 1.54) is 6.92 Å². The second-order valence-corrected chi connectivity index (χ2v) is 3.60. The smallest absolute Gasteiger partial charge is 0.303 e. The van der Waals surface area contributed by atoms with Gasteiger partial charge in [0.25, 0.3) is 0 Å². The third-order valence-corrected chi connectivity index (χ3v) is 1.94. The van der Waals surface area contributed by atoms with Crippen molar-refractivity contribution in [3.63, 3.8) is 0 Å². The van der Waals surface area contributed by atoms with Crippen molar-refractivity contribution >= 4 is 18.2 Å². The summed E-state index contributed by atoms with van der Waals surface area (Å²) in [5.74, 6) is -1.36. The van der Waals surface area contributed by atoms with Crippen molar-refractivity contribution in [3.05, 3.63) is 0 Å². The molecule has 0 aromatic rings. The predicted octanol–water partition coefficient (Wildman–Crippen LogP) is -1.24. The minimum Gasteiger partial charge on any atom is -0.456 e. The molecule has 0 spiro atoms. The summed E-state index contributed by atoms with van der Waals surface area (Å²) >= 11 is 0. The zero-order valence-electron chi connectivity index (χ0n) is 9.95. The highest BCUT2D eigenvalue weighted by molar-refractivity contribution is 5.68. The number of nitrogens with two attached hydrogens (primary N) is 1. The van der Waals surface area contributed by atoms with Gasteiger partial charge in [0.05, 0.1) is 6.10 Å². The van der Waals surface area contributed by atoms with Crippen molar-refractivity contribution in [2.75, 3.05) is 0 Å². The van der Waals surface area contributed by atoms with Gasteiger partial charge in [-0.1, -0.05) is 0 Å². The Hall–Kier alpha value is -1.47. The molecule has 0 radical (unpaired) electrons. The molecule has 0 aliphatic heterocycles. The molecule has 0 aliphatic rings. The molecule has 0 saturated heterocycles. The second-order valence-electron chi connectivity index (χ2n) is 3.60. The van der Waals surface area contributed by atoms with E-state index in [9.17, 15) is 19.5 Å². The summed E-state index contributed by atoms with van der Waals surface area (Å²) in [6.07, 6.45) is -3.17. The fraction of sp³-hybridized carbons (Fsp3) is 0.700. The molecule has 0 bridgehead atoms. The van der Waals surface area contributed by atoms with Gasteiger partial charge in [-0.3, -0.25) is 9.59 Å². The number of ether oxygens (including phenoxy) is 2. The van der Waals surface area contributed by atoms with Gasteiger partial charge >= 0.3 is 11.9 Å². The monoisotopic (exact) mass is 247 g/mol. The van der Waals surface area contributed by atoms with Gasteiger partial charge in [-0.05, 0) is 6.92 Å². The molecule has 0 aliphatic carbocycles. The maximum Gasteiger partial charge on any atom is 0.303 e. The highest BCUT2D eigenvalue weighted by Gasteiger charge is 2.35. The molecule has 0 aromatic carbocycles. The highest BCUT2D eigenvalue weighted by atomic mass is 16.6. The van der Waals surface area contributed by atoms with Crippen LogP contribution in [0.4, 0.5) is 0 Å². The molecule has 98 valence electrons. The van der Waals surface area contributed by atoms with Crippen molar-refractivity contribution < 1.29 is 29.0 Å². The third kappa shape index (κ3) is 5.41. The summed E-state index contributed by atoms with van der Waals surface area (Å²) in [6.45, 7) is 3.59. The molecule has 7 heteroatoms. The molecular weight excluding hydrogens is 230 g/mol. The normalized spacial score (nSPS) is 17.5. The molecule has 3 N–H and O–H groups in total. The standard InChI is InChI=1S/C10H17NO6/c1-5(13)9(16-6(2)14)10(8(11)4-12)17-7(3)15/h4-5,8-10,13H,11H2,1-3H3/t5-,8+,9+,10-/m1/s1. The van der Waals surface area contributed by atoms with Gasteiger partial charge in [0.1, 0.15) is 12.3 Å². The largest absolute Gasteiger partial charge is 0.456 e. The number of rotatable bonds is 6. The van der Waals surface area contributed by atoms with Crippen molar-refractivity contribution in [3.8, 4) is 0 Å². The summed E-state index contributed by atoms with van der Waals surface area (Å²) < 4.78 is 9.59. The number of carbonyl (C=O) groups is 3. The van der Waals surface area contributed by atoms with Crippen molar-refractivity contribution in [1.82, 2.24) is 0 Å². The van der Waals surface area contributed by atoms with E-state index in [0.29, 0.717) is 6.29 Å². The Morgan fingerprint density at radius 2 is 1.59 bits per heavy atom. The maximum absolute atomic E-state index is 10.9. The van der Waals surface area contributed by atoms with E-state index in [4.69, 9.17) is 15.2 Å². The SMILES string of the molecule is CC(=O)O[C@H]([C@H](OC(C)=O)[C@@H](N)C=O)[C@@H](C)O. The minimum absolute atomic E-state index is 0.354. The third-order valence-electron chi connectivity index (χ3n) is 1.94. The fourth-order valence-corrected chi connectivity index (χ4v) is 1.27. The van der Waals surface area contributed by atoms with E-state index in [1.54, 1.807) is 0 Å². The summed E-state index contributed by atoms with van der Waals surface area (Å²) in [6, 6.07) is -1.18. The van der Waals surface area contributed by atoms with E-state index in [1.807, 2.05) is 0 Å². The lowest BCUT2D eigenvalue weighted by atomic mass is 10.0. The van der Waals surface area contributed by atoms with Crippen LogP contribution in [0.5, 0.6) is 0 Å². The minimum atomic E-state index is -1.21. The Morgan fingerprint density at radius 3 is 1.88 bits per heavy atom. The van der Waals surface area contributed by atoms with Gasteiger partial charge in [-0.15, -0.1) is 0 Å². The first-order valence-electron chi connectivity index (χ1n) is 5.03. The van der Waals surface area contributed by atoms with Crippen LogP contribution < -0.4 is 5.73 Å². The topological polar surface area (TPSA) is 116 Å². The zero-order chi connectivity index (χ0) is 13.6. The number of hydrogen-bond acceptors (Lipinski definition) is 7. The Bertz CT molecular complexity index is 291. The van der Waals surface area contributed by atoms with Crippen molar-refractivity contribution in [1.29, 1.82) is 0 Å². The lowest BCUT2D eigenvalue weighted by molar-refractivity contribution is -0.175. The molecular formula is C10H17NO6. The van der Waals surface area contributed by atoms with Gasteiger partial charge in [0.15, 0.2) is 12.2 Å². The van der Waals surface area contributed by atoms with E-state index in [2.05, 4.69) is 0 Å². The van der Waals surface area contributed by atoms with Gasteiger partial charge < -0.3 is 25.1 Å². The van der Waals surface area contributed by atoms with Crippen LogP contribution in [0.2, 0.25) is 0 Å². The van der Waals surface area contributed by atoms with Gasteiger partial charge in [-0.2, -0.15) is 0 Å². The first kappa shape index (κ1) is 15.5. The molecule has 0 amide bonds. The van der Waals surface area contributed by atoms with Crippen LogP contribution in [-0.4, -0.2) is 47.7 Å². The number of hydrogen-bond donors (Lipinski definition) is 2. The number of esters is 2. The lowest BCUT2D eigenvalue weighted by Crippen LogP contribution is -2.52. The molecule has 7 nitrogen and oxygen atoms in total. The number of aliphatic hydroxyl groups is 1. The molecule has 0 aromatic heterocycles. The van der Waals surface area contributed by atoms with Crippen LogP contribution in [0.15, 0.2) is 0 Å². The van der Waals surface area contributed by atoms with Crippen LogP contribution in [0, 0.1) is 0 Å². The number of aliphatic hydroxyl groups excluding tert-OH is 1. The average Bonchev–Trinajstić information content (AvgIpc) is 2.21.